The second-order valence-corrected chi connectivity index (χ2v) is 3.22. The second-order valence-electron chi connectivity index (χ2n) is 3.22. The summed E-state index contributed by atoms with van der Waals surface area (Å²) in [4.78, 5) is 0. The SMILES string of the molecule is C=C(OC)C1(O)CCCCC1. The molecule has 1 aliphatic rings. The monoisotopic (exact) mass is 156 g/mol. The highest BCUT2D eigenvalue weighted by atomic mass is 16.5. The Labute approximate surface area is 67.9 Å². The molecule has 1 fully saturated rings. The molecule has 0 saturated heterocycles. The zero-order valence-corrected chi connectivity index (χ0v) is 7.10. The van der Waals surface area contributed by atoms with Gasteiger partial charge >= 0.3 is 0 Å². The van der Waals surface area contributed by atoms with Gasteiger partial charge in [0.25, 0.3) is 0 Å². The first-order chi connectivity index (χ1) is 5.19. The van der Waals surface area contributed by atoms with E-state index < -0.39 is 5.60 Å². The van der Waals surface area contributed by atoms with Crippen molar-refractivity contribution in [1.82, 2.24) is 0 Å². The van der Waals surface area contributed by atoms with E-state index in [1.54, 1.807) is 7.11 Å². The zero-order chi connectivity index (χ0) is 8.32. The quantitative estimate of drug-likeness (QED) is 0.618. The molecule has 0 heterocycles. The second kappa shape index (κ2) is 3.26. The predicted molar refractivity (Wildman–Crippen MR) is 44.2 cm³/mol. The van der Waals surface area contributed by atoms with Crippen molar-refractivity contribution < 1.29 is 9.84 Å². The molecule has 0 atom stereocenters. The molecule has 1 saturated carbocycles. The number of hydrogen-bond donors (Lipinski definition) is 1. The van der Waals surface area contributed by atoms with Gasteiger partial charge in [-0.2, -0.15) is 0 Å². The van der Waals surface area contributed by atoms with Crippen LogP contribution >= 0.6 is 0 Å². The van der Waals surface area contributed by atoms with Gasteiger partial charge in [-0.05, 0) is 12.8 Å². The Morgan fingerprint density at radius 2 is 1.91 bits per heavy atom. The molecule has 0 radical (unpaired) electrons. The minimum absolute atomic E-state index is 0.525. The summed E-state index contributed by atoms with van der Waals surface area (Å²) in [6.07, 6.45) is 5.00. The largest absolute Gasteiger partial charge is 0.499 e. The Kier molecular flexibility index (Phi) is 2.55. The minimum Gasteiger partial charge on any atom is -0.499 e. The highest BCUT2D eigenvalue weighted by Crippen LogP contribution is 2.33. The summed E-state index contributed by atoms with van der Waals surface area (Å²) in [6, 6.07) is 0. The fourth-order valence-corrected chi connectivity index (χ4v) is 1.61. The highest BCUT2D eigenvalue weighted by molar-refractivity contribution is 5.06. The first-order valence-electron chi connectivity index (χ1n) is 4.15. The van der Waals surface area contributed by atoms with Crippen molar-refractivity contribution in [3.63, 3.8) is 0 Å². The molecule has 1 N–H and O–H groups in total. The Bertz CT molecular complexity index is 146. The molecule has 0 aromatic carbocycles. The van der Waals surface area contributed by atoms with E-state index in [1.165, 1.54) is 6.42 Å². The molecule has 64 valence electrons. The van der Waals surface area contributed by atoms with E-state index >= 15 is 0 Å². The smallest absolute Gasteiger partial charge is 0.121 e. The lowest BCUT2D eigenvalue weighted by molar-refractivity contribution is -0.00646. The van der Waals surface area contributed by atoms with Crippen molar-refractivity contribution >= 4 is 0 Å². The summed E-state index contributed by atoms with van der Waals surface area (Å²) in [5.74, 6) is 0.525. The lowest BCUT2D eigenvalue weighted by atomic mass is 9.84. The van der Waals surface area contributed by atoms with Gasteiger partial charge in [0.2, 0.25) is 0 Å². The molecule has 0 spiro atoms. The van der Waals surface area contributed by atoms with E-state index in [0.717, 1.165) is 25.7 Å². The van der Waals surface area contributed by atoms with Crippen molar-refractivity contribution in [3.8, 4) is 0 Å². The van der Waals surface area contributed by atoms with E-state index in [2.05, 4.69) is 6.58 Å². The lowest BCUT2D eigenvalue weighted by Crippen LogP contribution is -2.33. The van der Waals surface area contributed by atoms with Gasteiger partial charge < -0.3 is 9.84 Å². The molecule has 0 aromatic heterocycles. The van der Waals surface area contributed by atoms with Gasteiger partial charge in [-0.25, -0.2) is 0 Å². The Balaban J connectivity index is 2.56. The van der Waals surface area contributed by atoms with Crippen LogP contribution in [0.2, 0.25) is 0 Å². The van der Waals surface area contributed by atoms with Crippen molar-refractivity contribution in [2.75, 3.05) is 7.11 Å². The van der Waals surface area contributed by atoms with Crippen LogP contribution in [0, 0.1) is 0 Å². The Morgan fingerprint density at radius 3 is 2.36 bits per heavy atom. The molecular formula is C9H16O2. The molecule has 1 aliphatic carbocycles. The maximum atomic E-state index is 9.92. The molecule has 0 amide bonds. The number of rotatable bonds is 2. The summed E-state index contributed by atoms with van der Waals surface area (Å²) >= 11 is 0. The van der Waals surface area contributed by atoms with Crippen molar-refractivity contribution in [3.05, 3.63) is 12.3 Å². The van der Waals surface area contributed by atoms with E-state index in [-0.39, 0.29) is 0 Å². The van der Waals surface area contributed by atoms with Crippen LogP contribution < -0.4 is 0 Å². The van der Waals surface area contributed by atoms with Crippen molar-refractivity contribution in [1.29, 1.82) is 0 Å². The molecule has 2 heteroatoms. The van der Waals surface area contributed by atoms with Crippen LogP contribution in [0.1, 0.15) is 32.1 Å². The maximum absolute atomic E-state index is 9.92. The summed E-state index contributed by atoms with van der Waals surface area (Å²) in [5, 5.41) is 9.92. The van der Waals surface area contributed by atoms with Crippen LogP contribution in [0.3, 0.4) is 0 Å². The number of methoxy groups -OCH3 is 1. The molecule has 1 rings (SSSR count). The van der Waals surface area contributed by atoms with E-state index in [1.807, 2.05) is 0 Å². The number of ether oxygens (including phenoxy) is 1. The van der Waals surface area contributed by atoms with Crippen LogP contribution in [-0.4, -0.2) is 17.8 Å². The average molecular weight is 156 g/mol. The van der Waals surface area contributed by atoms with Gasteiger partial charge in [0.05, 0.1) is 7.11 Å². The van der Waals surface area contributed by atoms with Crippen molar-refractivity contribution in [2.45, 2.75) is 37.7 Å². The van der Waals surface area contributed by atoms with Gasteiger partial charge in [0, 0.05) is 0 Å². The summed E-state index contributed by atoms with van der Waals surface area (Å²) in [6.45, 7) is 3.70. The van der Waals surface area contributed by atoms with Crippen LogP contribution in [0.25, 0.3) is 0 Å². The first-order valence-corrected chi connectivity index (χ1v) is 4.15. The number of hydrogen-bond acceptors (Lipinski definition) is 2. The third-order valence-electron chi connectivity index (χ3n) is 2.45. The Morgan fingerprint density at radius 1 is 1.36 bits per heavy atom. The molecule has 11 heavy (non-hydrogen) atoms. The topological polar surface area (TPSA) is 29.5 Å². The minimum atomic E-state index is -0.729. The van der Waals surface area contributed by atoms with Gasteiger partial charge in [0.15, 0.2) is 0 Å². The molecule has 0 unspecified atom stereocenters. The standard InChI is InChI=1S/C9H16O2/c1-8(11-2)9(10)6-4-3-5-7-9/h10H,1,3-7H2,2H3. The van der Waals surface area contributed by atoms with Crippen LogP contribution in [-0.2, 0) is 4.74 Å². The average Bonchev–Trinajstić information content (AvgIpc) is 2.04. The predicted octanol–water partition coefficient (Wildman–Crippen LogP) is 1.84. The Hall–Kier alpha value is -0.500. The third kappa shape index (κ3) is 1.74. The zero-order valence-electron chi connectivity index (χ0n) is 7.10. The first kappa shape index (κ1) is 8.60. The van der Waals surface area contributed by atoms with Gasteiger partial charge in [-0.15, -0.1) is 0 Å². The molecule has 2 nitrogen and oxygen atoms in total. The van der Waals surface area contributed by atoms with E-state index in [4.69, 9.17) is 4.74 Å². The fourth-order valence-electron chi connectivity index (χ4n) is 1.61. The van der Waals surface area contributed by atoms with Crippen LogP contribution in [0.15, 0.2) is 12.3 Å². The molecule has 0 bridgehead atoms. The fraction of sp³-hybridized carbons (Fsp3) is 0.778. The van der Waals surface area contributed by atoms with Gasteiger partial charge in [0.1, 0.15) is 11.4 Å². The molecular weight excluding hydrogens is 140 g/mol. The molecule has 0 aliphatic heterocycles. The van der Waals surface area contributed by atoms with Crippen LogP contribution in [0.5, 0.6) is 0 Å². The summed E-state index contributed by atoms with van der Waals surface area (Å²) in [5.41, 5.74) is -0.729. The van der Waals surface area contributed by atoms with E-state index in [9.17, 15) is 5.11 Å². The maximum Gasteiger partial charge on any atom is 0.121 e. The third-order valence-corrected chi connectivity index (χ3v) is 2.45. The number of aliphatic hydroxyl groups is 1. The molecule has 0 aromatic rings. The van der Waals surface area contributed by atoms with E-state index in [0.29, 0.717) is 5.76 Å². The lowest BCUT2D eigenvalue weighted by Gasteiger charge is -2.32. The van der Waals surface area contributed by atoms with Crippen molar-refractivity contribution in [2.24, 2.45) is 0 Å². The van der Waals surface area contributed by atoms with Gasteiger partial charge in [-0.1, -0.05) is 25.8 Å². The van der Waals surface area contributed by atoms with Crippen LogP contribution in [0.4, 0.5) is 0 Å². The summed E-state index contributed by atoms with van der Waals surface area (Å²) in [7, 11) is 1.56. The summed E-state index contributed by atoms with van der Waals surface area (Å²) < 4.78 is 4.95. The highest BCUT2D eigenvalue weighted by Gasteiger charge is 2.32. The van der Waals surface area contributed by atoms with Gasteiger partial charge in [-0.3, -0.25) is 0 Å². The normalized spacial score (nSPS) is 22.7.